The highest BCUT2D eigenvalue weighted by atomic mass is 16.5. The highest BCUT2D eigenvalue weighted by Crippen LogP contribution is 2.35. The first-order chi connectivity index (χ1) is 8.81. The van der Waals surface area contributed by atoms with Crippen molar-refractivity contribution in [1.29, 1.82) is 0 Å². The van der Waals surface area contributed by atoms with Gasteiger partial charge in [0.25, 0.3) is 0 Å². The van der Waals surface area contributed by atoms with Crippen LogP contribution in [-0.4, -0.2) is 57.5 Å². The summed E-state index contributed by atoms with van der Waals surface area (Å²) >= 11 is 0. The smallest absolute Gasteiger partial charge is 0.0593 e. The molecule has 3 atom stereocenters. The van der Waals surface area contributed by atoms with E-state index in [0.29, 0.717) is 6.04 Å². The number of methoxy groups -OCH3 is 1. The van der Waals surface area contributed by atoms with Gasteiger partial charge in [-0.3, -0.25) is 0 Å². The highest BCUT2D eigenvalue weighted by molar-refractivity contribution is 4.92. The average Bonchev–Trinajstić information content (AvgIpc) is 2.78. The van der Waals surface area contributed by atoms with Crippen molar-refractivity contribution in [2.75, 3.05) is 46.6 Å². The number of fused-ring (bicyclic) bond motifs is 1. The fourth-order valence-electron chi connectivity index (χ4n) is 3.39. The van der Waals surface area contributed by atoms with Crippen LogP contribution in [0.2, 0.25) is 0 Å². The summed E-state index contributed by atoms with van der Waals surface area (Å²) in [5.41, 5.74) is 6.22. The van der Waals surface area contributed by atoms with Crippen molar-refractivity contribution in [2.45, 2.75) is 31.7 Å². The van der Waals surface area contributed by atoms with E-state index in [1.165, 1.54) is 32.4 Å². The summed E-state index contributed by atoms with van der Waals surface area (Å²) in [6, 6.07) is 0.441. The molecule has 2 rings (SSSR count). The molecule has 2 fully saturated rings. The number of ether oxygens (including phenoxy) is 2. The first-order valence-corrected chi connectivity index (χ1v) is 7.36. The Morgan fingerprint density at radius 3 is 2.83 bits per heavy atom. The fourth-order valence-corrected chi connectivity index (χ4v) is 3.39. The molecule has 0 radical (unpaired) electrons. The van der Waals surface area contributed by atoms with Crippen molar-refractivity contribution < 1.29 is 9.47 Å². The van der Waals surface area contributed by atoms with Crippen LogP contribution in [0.15, 0.2) is 0 Å². The first-order valence-electron chi connectivity index (χ1n) is 7.36. The molecule has 0 spiro atoms. The summed E-state index contributed by atoms with van der Waals surface area (Å²) in [5.74, 6) is 1.59. The van der Waals surface area contributed by atoms with E-state index in [4.69, 9.17) is 15.2 Å². The number of likely N-dealkylation sites (tertiary alicyclic amines) is 1. The third kappa shape index (κ3) is 3.92. The molecule has 1 aliphatic carbocycles. The predicted molar refractivity (Wildman–Crippen MR) is 72.6 cm³/mol. The minimum absolute atomic E-state index is 0.441. The van der Waals surface area contributed by atoms with Gasteiger partial charge in [-0.05, 0) is 31.1 Å². The Morgan fingerprint density at radius 2 is 2.06 bits per heavy atom. The number of nitrogens with zero attached hydrogens (tertiary/aromatic N) is 1. The van der Waals surface area contributed by atoms with Gasteiger partial charge in [-0.15, -0.1) is 0 Å². The van der Waals surface area contributed by atoms with Crippen molar-refractivity contribution in [3.8, 4) is 0 Å². The summed E-state index contributed by atoms with van der Waals surface area (Å²) in [7, 11) is 1.73. The van der Waals surface area contributed by atoms with Crippen LogP contribution in [0, 0.1) is 11.8 Å². The Hall–Kier alpha value is -0.160. The lowest BCUT2D eigenvalue weighted by Gasteiger charge is -2.29. The zero-order valence-electron chi connectivity index (χ0n) is 11.6. The number of rotatable bonds is 7. The maximum Gasteiger partial charge on any atom is 0.0593 e. The standard InChI is InChI=1S/C14H28N2O2/c1-17-7-3-8-18-9-6-16-10-12-4-2-5-14(15)13(12)11-16/h12-14H,2-11,15H2,1H3. The average molecular weight is 256 g/mol. The normalized spacial score (nSPS) is 32.7. The van der Waals surface area contributed by atoms with Gasteiger partial charge in [0.15, 0.2) is 0 Å². The summed E-state index contributed by atoms with van der Waals surface area (Å²) in [5, 5.41) is 0. The lowest BCUT2D eigenvalue weighted by molar-refractivity contribution is 0.0873. The van der Waals surface area contributed by atoms with Crippen LogP contribution in [0.4, 0.5) is 0 Å². The third-order valence-corrected chi connectivity index (χ3v) is 4.42. The molecule has 1 saturated heterocycles. The van der Waals surface area contributed by atoms with Gasteiger partial charge in [0, 0.05) is 46.0 Å². The fraction of sp³-hybridized carbons (Fsp3) is 1.00. The Morgan fingerprint density at radius 1 is 1.17 bits per heavy atom. The van der Waals surface area contributed by atoms with Crippen LogP contribution in [0.25, 0.3) is 0 Å². The second-order valence-corrected chi connectivity index (χ2v) is 5.74. The maximum absolute atomic E-state index is 6.22. The second-order valence-electron chi connectivity index (χ2n) is 5.74. The summed E-state index contributed by atoms with van der Waals surface area (Å²) < 4.78 is 10.6. The van der Waals surface area contributed by atoms with E-state index in [1.807, 2.05) is 0 Å². The van der Waals surface area contributed by atoms with Crippen molar-refractivity contribution in [1.82, 2.24) is 4.90 Å². The van der Waals surface area contributed by atoms with Crippen LogP contribution in [0.1, 0.15) is 25.7 Å². The van der Waals surface area contributed by atoms with E-state index in [9.17, 15) is 0 Å². The number of hydrogen-bond acceptors (Lipinski definition) is 4. The Balaban J connectivity index is 1.58. The molecule has 3 unspecified atom stereocenters. The van der Waals surface area contributed by atoms with Crippen molar-refractivity contribution in [2.24, 2.45) is 17.6 Å². The molecular weight excluding hydrogens is 228 g/mol. The molecule has 1 saturated carbocycles. The molecule has 0 aromatic rings. The molecule has 1 heterocycles. The minimum atomic E-state index is 0.441. The summed E-state index contributed by atoms with van der Waals surface area (Å²) in [4.78, 5) is 2.54. The van der Waals surface area contributed by atoms with Crippen LogP contribution in [0.5, 0.6) is 0 Å². The first kappa shape index (κ1) is 14.3. The largest absolute Gasteiger partial charge is 0.385 e. The SMILES string of the molecule is COCCCOCCN1CC2CCCC(N)C2C1. The minimum Gasteiger partial charge on any atom is -0.385 e. The van der Waals surface area contributed by atoms with Gasteiger partial charge in [-0.25, -0.2) is 0 Å². The van der Waals surface area contributed by atoms with E-state index < -0.39 is 0 Å². The predicted octanol–water partition coefficient (Wildman–Crippen LogP) is 1.10. The van der Waals surface area contributed by atoms with Crippen molar-refractivity contribution in [3.63, 3.8) is 0 Å². The lowest BCUT2D eigenvalue weighted by atomic mass is 9.78. The highest BCUT2D eigenvalue weighted by Gasteiger charge is 2.38. The van der Waals surface area contributed by atoms with Gasteiger partial charge >= 0.3 is 0 Å². The molecule has 106 valence electrons. The van der Waals surface area contributed by atoms with Gasteiger partial charge in [0.2, 0.25) is 0 Å². The lowest BCUT2D eigenvalue weighted by Crippen LogP contribution is -2.38. The molecule has 0 bridgehead atoms. The molecular formula is C14H28N2O2. The molecule has 0 aromatic heterocycles. The monoisotopic (exact) mass is 256 g/mol. The van der Waals surface area contributed by atoms with E-state index in [1.54, 1.807) is 7.11 Å². The molecule has 2 aliphatic rings. The van der Waals surface area contributed by atoms with E-state index in [2.05, 4.69) is 4.90 Å². The summed E-state index contributed by atoms with van der Waals surface area (Å²) in [6.45, 7) is 5.94. The molecule has 1 aliphatic heterocycles. The molecule has 4 heteroatoms. The molecule has 4 nitrogen and oxygen atoms in total. The molecule has 0 aromatic carbocycles. The van der Waals surface area contributed by atoms with Crippen molar-refractivity contribution >= 4 is 0 Å². The maximum atomic E-state index is 6.22. The molecule has 0 amide bonds. The van der Waals surface area contributed by atoms with Crippen molar-refractivity contribution in [3.05, 3.63) is 0 Å². The number of nitrogens with two attached hydrogens (primary N) is 1. The van der Waals surface area contributed by atoms with Crippen LogP contribution >= 0.6 is 0 Å². The Kier molecular flexibility index (Phi) is 5.89. The zero-order valence-corrected chi connectivity index (χ0v) is 11.6. The Bertz CT molecular complexity index is 238. The van der Waals surface area contributed by atoms with E-state index >= 15 is 0 Å². The number of hydrogen-bond donors (Lipinski definition) is 1. The van der Waals surface area contributed by atoms with Gasteiger partial charge in [-0.1, -0.05) is 6.42 Å². The van der Waals surface area contributed by atoms with Gasteiger partial charge in [-0.2, -0.15) is 0 Å². The van der Waals surface area contributed by atoms with Crippen LogP contribution < -0.4 is 5.73 Å². The molecule has 2 N–H and O–H groups in total. The van der Waals surface area contributed by atoms with Gasteiger partial charge < -0.3 is 20.1 Å². The van der Waals surface area contributed by atoms with E-state index in [0.717, 1.165) is 44.6 Å². The van der Waals surface area contributed by atoms with Crippen LogP contribution in [-0.2, 0) is 9.47 Å². The Labute approximate surface area is 111 Å². The topological polar surface area (TPSA) is 47.7 Å². The van der Waals surface area contributed by atoms with Crippen LogP contribution in [0.3, 0.4) is 0 Å². The van der Waals surface area contributed by atoms with Gasteiger partial charge in [0.1, 0.15) is 0 Å². The zero-order chi connectivity index (χ0) is 12.8. The summed E-state index contributed by atoms with van der Waals surface area (Å²) in [6.07, 6.45) is 4.92. The van der Waals surface area contributed by atoms with Gasteiger partial charge in [0.05, 0.1) is 6.61 Å². The van der Waals surface area contributed by atoms with E-state index in [-0.39, 0.29) is 0 Å². The molecule has 18 heavy (non-hydrogen) atoms. The second kappa shape index (κ2) is 7.43. The quantitative estimate of drug-likeness (QED) is 0.693. The third-order valence-electron chi connectivity index (χ3n) is 4.42.